The van der Waals surface area contributed by atoms with Crippen molar-refractivity contribution in [2.45, 2.75) is 19.9 Å². The van der Waals surface area contributed by atoms with Gasteiger partial charge in [0.2, 0.25) is 11.8 Å². The average Bonchev–Trinajstić information content (AvgIpc) is 3.15. The lowest BCUT2D eigenvalue weighted by molar-refractivity contribution is 0.0731. The molecule has 1 aliphatic rings. The highest BCUT2D eigenvalue weighted by atomic mass is 16.4. The van der Waals surface area contributed by atoms with Crippen molar-refractivity contribution < 1.29 is 13.6 Å². The van der Waals surface area contributed by atoms with E-state index in [4.69, 9.17) is 8.83 Å². The Morgan fingerprint density at radius 2 is 2.00 bits per heavy atom. The maximum Gasteiger partial charge on any atom is 0.289 e. The third-order valence-electron chi connectivity index (χ3n) is 4.44. The van der Waals surface area contributed by atoms with Gasteiger partial charge >= 0.3 is 0 Å². The van der Waals surface area contributed by atoms with Crippen molar-refractivity contribution in [3.8, 4) is 0 Å². The minimum atomic E-state index is -0.0494. The van der Waals surface area contributed by atoms with Gasteiger partial charge in [-0.15, -0.1) is 10.2 Å². The Morgan fingerprint density at radius 1 is 1.12 bits per heavy atom. The predicted molar refractivity (Wildman–Crippen MR) is 91.0 cm³/mol. The molecule has 4 rings (SSSR count). The van der Waals surface area contributed by atoms with Crippen LogP contribution in [0.4, 0.5) is 0 Å². The van der Waals surface area contributed by atoms with E-state index in [-0.39, 0.29) is 5.91 Å². The maximum atomic E-state index is 12.8. The minimum Gasteiger partial charge on any atom is -0.451 e. The zero-order valence-corrected chi connectivity index (χ0v) is 14.1. The molecule has 0 bridgehead atoms. The summed E-state index contributed by atoms with van der Waals surface area (Å²) >= 11 is 0. The highest BCUT2D eigenvalue weighted by molar-refractivity contribution is 5.96. The van der Waals surface area contributed by atoms with Gasteiger partial charge < -0.3 is 13.7 Å². The van der Waals surface area contributed by atoms with Crippen LogP contribution in [0.25, 0.3) is 11.0 Å². The van der Waals surface area contributed by atoms with Crippen LogP contribution in [0.15, 0.2) is 39.2 Å². The van der Waals surface area contributed by atoms with E-state index in [0.29, 0.717) is 30.6 Å². The first-order valence-electron chi connectivity index (χ1n) is 8.48. The third-order valence-corrected chi connectivity index (χ3v) is 4.44. The lowest BCUT2D eigenvalue weighted by Crippen LogP contribution is -2.34. The van der Waals surface area contributed by atoms with Crippen LogP contribution in [0.2, 0.25) is 0 Å². The number of hydrogen-bond acceptors (Lipinski definition) is 6. The molecule has 1 amide bonds. The van der Waals surface area contributed by atoms with Crippen LogP contribution >= 0.6 is 0 Å². The zero-order chi connectivity index (χ0) is 17.2. The van der Waals surface area contributed by atoms with E-state index < -0.39 is 0 Å². The van der Waals surface area contributed by atoms with Crippen molar-refractivity contribution >= 4 is 16.9 Å². The molecular formula is C18H20N4O3. The van der Waals surface area contributed by atoms with Gasteiger partial charge in [0.1, 0.15) is 5.58 Å². The Kier molecular flexibility index (Phi) is 4.23. The molecule has 25 heavy (non-hydrogen) atoms. The molecule has 0 unspecified atom stereocenters. The molecule has 2 aromatic heterocycles. The summed E-state index contributed by atoms with van der Waals surface area (Å²) in [6.07, 6.45) is 0.902. The van der Waals surface area contributed by atoms with Crippen LogP contribution < -0.4 is 0 Å². The molecule has 7 nitrogen and oxygen atoms in total. The molecule has 3 aromatic rings. The van der Waals surface area contributed by atoms with E-state index in [1.165, 1.54) is 0 Å². The topological polar surface area (TPSA) is 75.6 Å². The Morgan fingerprint density at radius 3 is 2.80 bits per heavy atom. The smallest absolute Gasteiger partial charge is 0.289 e. The first kappa shape index (κ1) is 15.8. The quantitative estimate of drug-likeness (QED) is 0.729. The molecule has 0 spiro atoms. The van der Waals surface area contributed by atoms with E-state index >= 15 is 0 Å². The van der Waals surface area contributed by atoms with Crippen LogP contribution in [-0.4, -0.2) is 52.1 Å². The van der Waals surface area contributed by atoms with Crippen LogP contribution in [0, 0.1) is 6.92 Å². The average molecular weight is 340 g/mol. The molecule has 1 aromatic carbocycles. The van der Waals surface area contributed by atoms with Gasteiger partial charge in [-0.25, -0.2) is 0 Å². The molecule has 0 radical (unpaired) electrons. The van der Waals surface area contributed by atoms with E-state index in [1.54, 1.807) is 6.92 Å². The molecule has 3 heterocycles. The first-order chi connectivity index (χ1) is 12.2. The number of aromatic nitrogens is 2. The molecule has 1 fully saturated rings. The Balaban J connectivity index is 1.42. The minimum absolute atomic E-state index is 0.0494. The first-order valence-corrected chi connectivity index (χ1v) is 8.48. The van der Waals surface area contributed by atoms with Crippen LogP contribution in [0.1, 0.15) is 28.8 Å². The lowest BCUT2D eigenvalue weighted by Gasteiger charge is -2.20. The number of furan rings is 1. The normalized spacial score (nSPS) is 16.3. The van der Waals surface area contributed by atoms with Crippen LogP contribution in [0.3, 0.4) is 0 Å². The number of para-hydroxylation sites is 1. The number of carbonyl (C=O) groups excluding carboxylic acids is 1. The summed E-state index contributed by atoms with van der Waals surface area (Å²) in [6.45, 7) is 5.44. The van der Waals surface area contributed by atoms with Crippen molar-refractivity contribution in [3.05, 3.63) is 47.9 Å². The van der Waals surface area contributed by atoms with E-state index in [1.807, 2.05) is 35.2 Å². The van der Waals surface area contributed by atoms with Gasteiger partial charge in [0.05, 0.1) is 6.54 Å². The molecule has 0 aliphatic carbocycles. The number of aryl methyl sites for hydroxylation is 1. The molecular weight excluding hydrogens is 320 g/mol. The summed E-state index contributed by atoms with van der Waals surface area (Å²) in [4.78, 5) is 16.9. The summed E-state index contributed by atoms with van der Waals surface area (Å²) in [6, 6.07) is 9.49. The largest absolute Gasteiger partial charge is 0.451 e. The number of carbonyl (C=O) groups is 1. The van der Waals surface area contributed by atoms with Crippen molar-refractivity contribution in [2.24, 2.45) is 0 Å². The summed E-state index contributed by atoms with van der Waals surface area (Å²) in [5.41, 5.74) is 0.745. The summed E-state index contributed by atoms with van der Waals surface area (Å²) < 4.78 is 11.2. The molecule has 130 valence electrons. The van der Waals surface area contributed by atoms with Crippen molar-refractivity contribution in [2.75, 3.05) is 26.2 Å². The molecule has 7 heteroatoms. The summed E-state index contributed by atoms with van der Waals surface area (Å²) in [5, 5.41) is 8.85. The van der Waals surface area contributed by atoms with Gasteiger partial charge in [-0.05, 0) is 18.6 Å². The van der Waals surface area contributed by atoms with E-state index in [9.17, 15) is 4.79 Å². The Bertz CT molecular complexity index is 852. The summed E-state index contributed by atoms with van der Waals surface area (Å²) in [7, 11) is 0. The number of amides is 1. The fourth-order valence-corrected chi connectivity index (χ4v) is 3.17. The number of hydrogen-bond donors (Lipinski definition) is 0. The number of benzene rings is 1. The fraction of sp³-hybridized carbons (Fsp3) is 0.389. The number of rotatable bonds is 3. The maximum absolute atomic E-state index is 12.8. The second kappa shape index (κ2) is 6.68. The second-order valence-electron chi connectivity index (χ2n) is 6.29. The van der Waals surface area contributed by atoms with Gasteiger partial charge in [0.25, 0.3) is 5.91 Å². The predicted octanol–water partition coefficient (Wildman–Crippen LogP) is 2.47. The SMILES string of the molecule is Cc1nnc(CN2CCCN(C(=O)c3cc4ccccc4o3)CC2)o1. The van der Waals surface area contributed by atoms with Gasteiger partial charge in [0, 0.05) is 38.5 Å². The monoisotopic (exact) mass is 340 g/mol. The number of nitrogens with zero attached hydrogens (tertiary/aromatic N) is 4. The van der Waals surface area contributed by atoms with Gasteiger partial charge in [0.15, 0.2) is 5.76 Å². The van der Waals surface area contributed by atoms with Crippen molar-refractivity contribution in [1.29, 1.82) is 0 Å². The molecule has 0 atom stereocenters. The summed E-state index contributed by atoms with van der Waals surface area (Å²) in [5.74, 6) is 1.55. The third kappa shape index (κ3) is 3.41. The number of fused-ring (bicyclic) bond motifs is 1. The second-order valence-corrected chi connectivity index (χ2v) is 6.29. The zero-order valence-electron chi connectivity index (χ0n) is 14.1. The highest BCUT2D eigenvalue weighted by Gasteiger charge is 2.23. The fourth-order valence-electron chi connectivity index (χ4n) is 3.17. The lowest BCUT2D eigenvalue weighted by atomic mass is 10.2. The van der Waals surface area contributed by atoms with Crippen molar-refractivity contribution in [1.82, 2.24) is 20.0 Å². The molecule has 0 N–H and O–H groups in total. The molecule has 1 saturated heterocycles. The Hall–Kier alpha value is -2.67. The standard InChI is InChI=1S/C18H20N4O3/c1-13-19-20-17(24-13)12-21-7-4-8-22(10-9-21)18(23)16-11-14-5-2-3-6-15(14)25-16/h2-3,5-6,11H,4,7-10,12H2,1H3. The Labute approximate surface area is 145 Å². The van der Waals surface area contributed by atoms with Gasteiger partial charge in [-0.3, -0.25) is 9.69 Å². The van der Waals surface area contributed by atoms with Crippen LogP contribution in [0.5, 0.6) is 0 Å². The van der Waals surface area contributed by atoms with Crippen LogP contribution in [-0.2, 0) is 6.54 Å². The van der Waals surface area contributed by atoms with Crippen molar-refractivity contribution in [3.63, 3.8) is 0 Å². The molecule has 0 saturated carbocycles. The van der Waals surface area contributed by atoms with Gasteiger partial charge in [-0.2, -0.15) is 0 Å². The van der Waals surface area contributed by atoms with Gasteiger partial charge in [-0.1, -0.05) is 18.2 Å². The van der Waals surface area contributed by atoms with E-state index in [0.717, 1.165) is 37.0 Å². The molecule has 1 aliphatic heterocycles. The van der Waals surface area contributed by atoms with E-state index in [2.05, 4.69) is 15.1 Å². The highest BCUT2D eigenvalue weighted by Crippen LogP contribution is 2.20.